The Morgan fingerprint density at radius 3 is 2.24 bits per heavy atom. The van der Waals surface area contributed by atoms with Crippen LogP contribution in [0.2, 0.25) is 0 Å². The number of fused-ring (bicyclic) bond motifs is 2. The van der Waals surface area contributed by atoms with Crippen molar-refractivity contribution in [2.75, 3.05) is 11.5 Å². The van der Waals surface area contributed by atoms with Crippen molar-refractivity contribution >= 4 is 23.4 Å². The van der Waals surface area contributed by atoms with Crippen molar-refractivity contribution in [2.45, 2.75) is 62.9 Å². The van der Waals surface area contributed by atoms with E-state index in [9.17, 15) is 22.8 Å². The highest BCUT2D eigenvalue weighted by Gasteiger charge is 2.43. The van der Waals surface area contributed by atoms with E-state index in [1.54, 1.807) is 0 Å². The number of Topliss-reactive ketones (excluding diaryl/α,β-unsaturated/α-hetero) is 1. The molecule has 2 unspecified atom stereocenters. The van der Waals surface area contributed by atoms with E-state index in [4.69, 9.17) is 15.6 Å². The Morgan fingerprint density at radius 2 is 1.68 bits per heavy atom. The average Bonchev–Trinajstić information content (AvgIpc) is 3.68. The zero-order chi connectivity index (χ0) is 26.3. The van der Waals surface area contributed by atoms with Crippen LogP contribution < -0.4 is 10.6 Å². The van der Waals surface area contributed by atoms with Crippen LogP contribution in [0.15, 0.2) is 42.2 Å². The van der Waals surface area contributed by atoms with Crippen molar-refractivity contribution in [3.05, 3.63) is 58.9 Å². The molecule has 3 N–H and O–H groups in total. The van der Waals surface area contributed by atoms with Crippen LogP contribution >= 0.6 is 0 Å². The molecule has 3 aliphatic rings. The van der Waals surface area contributed by atoms with Crippen molar-refractivity contribution in [2.24, 2.45) is 11.7 Å². The number of benzene rings is 1. The fourth-order valence-corrected chi connectivity index (χ4v) is 5.36. The number of ether oxygens (including phenoxy) is 1. The summed E-state index contributed by atoms with van der Waals surface area (Å²) in [5, 5.41) is 9.08. The predicted molar refractivity (Wildman–Crippen MR) is 128 cm³/mol. The molecule has 8 nitrogen and oxygen atoms in total. The number of anilines is 1. The molecule has 11 heteroatoms. The van der Waals surface area contributed by atoms with Crippen LogP contribution in [0, 0.1) is 5.92 Å². The van der Waals surface area contributed by atoms with E-state index >= 15 is 0 Å². The van der Waals surface area contributed by atoms with Gasteiger partial charge in [-0.3, -0.25) is 4.79 Å². The van der Waals surface area contributed by atoms with Crippen LogP contribution in [-0.4, -0.2) is 51.6 Å². The van der Waals surface area contributed by atoms with E-state index in [-0.39, 0.29) is 58.9 Å². The standard InChI is InChI=1S/C26H27F3N4O4/c27-26(28,29)21-4-2-1-3-19(21)22(30)20(23(34)14-5-6-14)13-37-18-9-16-7-8-17(10-18)33(16)25-31-11-15(12-32-25)24(35)36/h1-4,11-12,14,16-18H,5-10,13,30H2,(H,35,36)/t16-,17?,18?/m0/s1. The lowest BCUT2D eigenvalue weighted by Gasteiger charge is -2.38. The first kappa shape index (κ1) is 25.2. The minimum Gasteiger partial charge on any atom is -0.478 e. The Labute approximate surface area is 211 Å². The summed E-state index contributed by atoms with van der Waals surface area (Å²) in [6, 6.07) is 5.16. The number of carboxylic acid groups (broad SMARTS) is 1. The summed E-state index contributed by atoms with van der Waals surface area (Å²) in [4.78, 5) is 34.7. The molecule has 0 spiro atoms. The lowest BCUT2D eigenvalue weighted by atomic mass is 9.96. The highest BCUT2D eigenvalue weighted by atomic mass is 19.4. The van der Waals surface area contributed by atoms with Gasteiger partial charge in [0.2, 0.25) is 5.95 Å². The van der Waals surface area contributed by atoms with Gasteiger partial charge in [-0.05, 0) is 44.6 Å². The number of halogens is 3. The first-order chi connectivity index (χ1) is 17.6. The van der Waals surface area contributed by atoms with Gasteiger partial charge < -0.3 is 20.5 Å². The molecule has 2 bridgehead atoms. The Kier molecular flexibility index (Phi) is 6.65. The summed E-state index contributed by atoms with van der Waals surface area (Å²) in [7, 11) is 0. The number of rotatable bonds is 8. The fraction of sp³-hybridized carbons (Fsp3) is 0.462. The van der Waals surface area contributed by atoms with Gasteiger partial charge in [0.25, 0.3) is 0 Å². The smallest absolute Gasteiger partial charge is 0.417 e. The first-order valence-corrected chi connectivity index (χ1v) is 12.3. The topological polar surface area (TPSA) is 119 Å². The Bertz CT molecular complexity index is 1210. The molecule has 3 atom stereocenters. The minimum atomic E-state index is -4.60. The second kappa shape index (κ2) is 9.77. The highest BCUT2D eigenvalue weighted by Crippen LogP contribution is 2.40. The molecular formula is C26H27F3N4O4. The molecule has 1 aromatic heterocycles. The largest absolute Gasteiger partial charge is 0.478 e. The third-order valence-corrected chi connectivity index (χ3v) is 7.36. The van der Waals surface area contributed by atoms with Gasteiger partial charge >= 0.3 is 12.1 Å². The second-order valence-electron chi connectivity index (χ2n) is 9.85. The van der Waals surface area contributed by atoms with Crippen molar-refractivity contribution < 1.29 is 32.6 Å². The minimum absolute atomic E-state index is 0.0126. The monoisotopic (exact) mass is 516 g/mol. The van der Waals surface area contributed by atoms with E-state index < -0.39 is 17.7 Å². The number of ketones is 1. The number of piperidine rings is 1. The zero-order valence-corrected chi connectivity index (χ0v) is 19.9. The second-order valence-corrected chi connectivity index (χ2v) is 9.85. The van der Waals surface area contributed by atoms with E-state index in [2.05, 4.69) is 14.9 Å². The van der Waals surface area contributed by atoms with Crippen LogP contribution in [0.3, 0.4) is 0 Å². The molecule has 3 fully saturated rings. The van der Waals surface area contributed by atoms with Crippen molar-refractivity contribution in [3.8, 4) is 0 Å². The predicted octanol–water partition coefficient (Wildman–Crippen LogP) is 4.06. The molecule has 1 aromatic carbocycles. The molecule has 2 aromatic rings. The highest BCUT2D eigenvalue weighted by molar-refractivity contribution is 6.05. The van der Waals surface area contributed by atoms with E-state index in [0.717, 1.165) is 18.9 Å². The number of nitrogens with zero attached hydrogens (tertiary/aromatic N) is 3. The van der Waals surface area contributed by atoms with Crippen LogP contribution in [0.5, 0.6) is 0 Å². The third kappa shape index (κ3) is 5.18. The maximum atomic E-state index is 13.6. The Balaban J connectivity index is 1.33. The van der Waals surface area contributed by atoms with Crippen molar-refractivity contribution in [3.63, 3.8) is 0 Å². The van der Waals surface area contributed by atoms with Gasteiger partial charge in [-0.2, -0.15) is 13.2 Å². The Hall–Kier alpha value is -3.47. The number of carbonyl (C=O) groups is 2. The maximum absolute atomic E-state index is 13.6. The van der Waals surface area contributed by atoms with Gasteiger partial charge in [-0.1, -0.05) is 18.2 Å². The number of alkyl halides is 3. The summed E-state index contributed by atoms with van der Waals surface area (Å²) < 4.78 is 47.0. The van der Waals surface area contributed by atoms with Crippen LogP contribution in [-0.2, 0) is 15.7 Å². The number of aromatic nitrogens is 2. The van der Waals surface area contributed by atoms with Crippen LogP contribution in [0.4, 0.5) is 19.1 Å². The summed E-state index contributed by atoms with van der Waals surface area (Å²) >= 11 is 0. The molecule has 37 heavy (non-hydrogen) atoms. The fourth-order valence-electron chi connectivity index (χ4n) is 5.36. The number of hydrogen-bond donors (Lipinski definition) is 2. The SMILES string of the molecule is NC(=C(COC1CC2CC[C@@H](C1)N2c1ncc(C(=O)O)cn1)C(=O)C1CC1)c1ccccc1C(F)(F)F. The van der Waals surface area contributed by atoms with Gasteiger partial charge in [0.05, 0.1) is 23.8 Å². The van der Waals surface area contributed by atoms with E-state index in [0.29, 0.717) is 31.6 Å². The number of nitrogens with two attached hydrogens (primary N) is 1. The molecular weight excluding hydrogens is 489 g/mol. The molecule has 2 saturated heterocycles. The number of carboxylic acids is 1. The lowest BCUT2D eigenvalue weighted by Crippen LogP contribution is -2.46. The molecule has 0 amide bonds. The molecule has 0 radical (unpaired) electrons. The maximum Gasteiger partial charge on any atom is 0.417 e. The van der Waals surface area contributed by atoms with Gasteiger partial charge in [0.1, 0.15) is 0 Å². The zero-order valence-electron chi connectivity index (χ0n) is 19.9. The lowest BCUT2D eigenvalue weighted by molar-refractivity contribution is -0.137. The first-order valence-electron chi connectivity index (χ1n) is 12.3. The quantitative estimate of drug-likeness (QED) is 0.505. The van der Waals surface area contributed by atoms with Crippen molar-refractivity contribution in [1.82, 2.24) is 9.97 Å². The summed E-state index contributed by atoms with van der Waals surface area (Å²) in [5.74, 6) is -1.10. The van der Waals surface area contributed by atoms with Gasteiger partial charge in [-0.25, -0.2) is 14.8 Å². The van der Waals surface area contributed by atoms with Crippen molar-refractivity contribution in [1.29, 1.82) is 0 Å². The van der Waals surface area contributed by atoms with Gasteiger partial charge in [-0.15, -0.1) is 0 Å². The van der Waals surface area contributed by atoms with Gasteiger partial charge in [0, 0.05) is 47.2 Å². The van der Waals surface area contributed by atoms with Crippen LogP contribution in [0.1, 0.15) is 60.0 Å². The summed E-state index contributed by atoms with van der Waals surface area (Å²) in [6.45, 7) is -0.152. The van der Waals surface area contributed by atoms with E-state index in [1.807, 2.05) is 0 Å². The summed E-state index contributed by atoms with van der Waals surface area (Å²) in [6.07, 6.45) is 2.18. The molecule has 196 valence electrons. The number of hydrogen-bond acceptors (Lipinski definition) is 7. The van der Waals surface area contributed by atoms with Gasteiger partial charge in [0.15, 0.2) is 5.78 Å². The molecule has 1 saturated carbocycles. The Morgan fingerprint density at radius 1 is 1.05 bits per heavy atom. The third-order valence-electron chi connectivity index (χ3n) is 7.36. The number of aromatic carboxylic acids is 1. The molecule has 5 rings (SSSR count). The number of carbonyl (C=O) groups excluding carboxylic acids is 1. The molecule has 2 aliphatic heterocycles. The average molecular weight is 517 g/mol. The molecule has 3 heterocycles. The normalized spacial score (nSPS) is 24.1. The molecule has 1 aliphatic carbocycles. The summed E-state index contributed by atoms with van der Waals surface area (Å²) in [5.41, 5.74) is 5.07. The van der Waals surface area contributed by atoms with Crippen LogP contribution in [0.25, 0.3) is 5.70 Å². The van der Waals surface area contributed by atoms with E-state index in [1.165, 1.54) is 30.6 Å².